The van der Waals surface area contributed by atoms with Crippen molar-refractivity contribution in [3.05, 3.63) is 70.4 Å². The van der Waals surface area contributed by atoms with Gasteiger partial charge in [0.1, 0.15) is 5.70 Å². The van der Waals surface area contributed by atoms with E-state index in [0.717, 1.165) is 16.8 Å². The number of nitrogens with zero attached hydrogens (tertiary/aromatic N) is 3. The maximum absolute atomic E-state index is 13.2. The summed E-state index contributed by atoms with van der Waals surface area (Å²) in [5.74, 6) is -1.16. The van der Waals surface area contributed by atoms with Crippen LogP contribution in [0, 0.1) is 0 Å². The van der Waals surface area contributed by atoms with E-state index in [1.54, 1.807) is 12.1 Å². The first kappa shape index (κ1) is 21.2. The Labute approximate surface area is 179 Å². The highest BCUT2D eigenvalue weighted by Crippen LogP contribution is 2.40. The van der Waals surface area contributed by atoms with Crippen LogP contribution in [-0.4, -0.2) is 52.7 Å². The number of hydrogen-bond acceptors (Lipinski definition) is 6. The smallest absolute Gasteiger partial charge is 0.370 e. The number of hydrogen-bond donors (Lipinski definition) is 2. The summed E-state index contributed by atoms with van der Waals surface area (Å²) in [6.45, 7) is 0. The molecule has 11 heteroatoms. The van der Waals surface area contributed by atoms with Crippen molar-refractivity contribution in [3.63, 3.8) is 0 Å². The van der Waals surface area contributed by atoms with E-state index in [2.05, 4.69) is 0 Å². The van der Waals surface area contributed by atoms with Gasteiger partial charge in [0.25, 0.3) is 11.8 Å². The monoisotopic (exact) mass is 453 g/mol. The molecule has 0 bridgehead atoms. The van der Waals surface area contributed by atoms with Gasteiger partial charge in [0.15, 0.2) is 6.23 Å². The number of anilines is 2. The summed E-state index contributed by atoms with van der Waals surface area (Å²) >= 11 is 6.19. The molecule has 2 heterocycles. The molecule has 2 aliphatic heterocycles. The summed E-state index contributed by atoms with van der Waals surface area (Å²) in [7, 11) is 1.00. The van der Waals surface area contributed by atoms with Crippen molar-refractivity contribution >= 4 is 34.8 Å². The van der Waals surface area contributed by atoms with Gasteiger partial charge < -0.3 is 15.1 Å². The van der Waals surface area contributed by atoms with Crippen LogP contribution in [0.2, 0.25) is 5.02 Å². The lowest BCUT2D eigenvalue weighted by Crippen LogP contribution is -2.56. The molecule has 2 aromatic carbocycles. The number of carbonyl (C=O) groups is 2. The molecule has 2 N–H and O–H groups in total. The van der Waals surface area contributed by atoms with Crippen LogP contribution in [0.15, 0.2) is 54.2 Å². The van der Waals surface area contributed by atoms with Gasteiger partial charge >= 0.3 is 6.18 Å². The van der Waals surface area contributed by atoms with Crippen molar-refractivity contribution in [3.8, 4) is 0 Å². The predicted octanol–water partition coefficient (Wildman–Crippen LogP) is 2.93. The van der Waals surface area contributed by atoms with Gasteiger partial charge in [0.05, 0.1) is 27.5 Å². The lowest BCUT2D eigenvalue weighted by molar-refractivity contribution is -0.133. The van der Waals surface area contributed by atoms with Gasteiger partial charge in [-0.15, -0.1) is 0 Å². The minimum absolute atomic E-state index is 0.0179. The van der Waals surface area contributed by atoms with Gasteiger partial charge in [-0.05, 0) is 36.4 Å². The third-order valence-electron chi connectivity index (χ3n) is 5.12. The van der Waals surface area contributed by atoms with Gasteiger partial charge in [-0.3, -0.25) is 14.5 Å². The maximum Gasteiger partial charge on any atom is 0.431 e. The van der Waals surface area contributed by atoms with Crippen LogP contribution in [0.4, 0.5) is 24.5 Å². The number of amides is 2. The number of alkyl halides is 3. The molecule has 2 unspecified atom stereocenters. The molecule has 2 amide bonds. The van der Waals surface area contributed by atoms with Gasteiger partial charge in [0, 0.05) is 7.05 Å². The van der Waals surface area contributed by atoms with Crippen LogP contribution < -0.4 is 9.80 Å². The van der Waals surface area contributed by atoms with Crippen LogP contribution in [0.3, 0.4) is 0 Å². The van der Waals surface area contributed by atoms with E-state index in [1.165, 1.54) is 30.3 Å². The number of aliphatic hydroxyl groups excluding tert-OH is 2. The Morgan fingerprint density at radius 2 is 1.58 bits per heavy atom. The quantitative estimate of drug-likeness (QED) is 0.680. The van der Waals surface area contributed by atoms with E-state index in [4.69, 9.17) is 11.6 Å². The zero-order chi connectivity index (χ0) is 22.7. The summed E-state index contributed by atoms with van der Waals surface area (Å²) in [5.41, 5.74) is -0.797. The Hall–Kier alpha value is -3.08. The highest BCUT2D eigenvalue weighted by molar-refractivity contribution is 6.36. The first-order valence-corrected chi connectivity index (χ1v) is 9.34. The zero-order valence-electron chi connectivity index (χ0n) is 15.8. The van der Waals surface area contributed by atoms with Crippen molar-refractivity contribution in [1.29, 1.82) is 0 Å². The summed E-state index contributed by atoms with van der Waals surface area (Å²) in [6.07, 6.45) is -8.07. The van der Waals surface area contributed by atoms with Crippen molar-refractivity contribution in [2.75, 3.05) is 16.8 Å². The first-order valence-electron chi connectivity index (χ1n) is 8.96. The Balaban J connectivity index is 1.76. The fourth-order valence-corrected chi connectivity index (χ4v) is 3.82. The van der Waals surface area contributed by atoms with E-state index < -0.39 is 36.3 Å². The maximum atomic E-state index is 13.2. The molecule has 2 aromatic rings. The summed E-state index contributed by atoms with van der Waals surface area (Å²) in [4.78, 5) is 27.7. The molecule has 2 aliphatic rings. The van der Waals surface area contributed by atoms with E-state index in [0.29, 0.717) is 11.0 Å². The SMILES string of the molecule is CN1C(C(F)(F)F)=CC(O)N(c2cc(N3C(=O)c4ccccc4C3=O)ccc2Cl)C1O. The molecule has 4 rings (SSSR count). The first-order chi connectivity index (χ1) is 14.5. The van der Waals surface area contributed by atoms with Crippen molar-refractivity contribution in [1.82, 2.24) is 4.90 Å². The molecule has 162 valence electrons. The highest BCUT2D eigenvalue weighted by atomic mass is 35.5. The molecular formula is C20H15ClF3N3O4. The number of halogens is 4. The van der Waals surface area contributed by atoms with Crippen molar-refractivity contribution in [2.24, 2.45) is 0 Å². The number of benzene rings is 2. The molecule has 0 radical (unpaired) electrons. The molecule has 0 saturated heterocycles. The van der Waals surface area contributed by atoms with Gasteiger partial charge in [-0.25, -0.2) is 4.90 Å². The van der Waals surface area contributed by atoms with Crippen LogP contribution in [0.25, 0.3) is 0 Å². The number of aliphatic hydroxyl groups is 2. The number of allylic oxidation sites excluding steroid dienone is 1. The minimum atomic E-state index is -4.80. The molecular weight excluding hydrogens is 439 g/mol. The summed E-state index contributed by atoms with van der Waals surface area (Å²) in [6, 6.07) is 10.2. The Kier molecular flexibility index (Phi) is 4.95. The van der Waals surface area contributed by atoms with Crippen LogP contribution in [0.5, 0.6) is 0 Å². The lowest BCUT2D eigenvalue weighted by Gasteiger charge is -2.44. The number of rotatable bonds is 2. The second-order valence-corrected chi connectivity index (χ2v) is 7.36. The van der Waals surface area contributed by atoms with Crippen molar-refractivity contribution in [2.45, 2.75) is 18.8 Å². The fourth-order valence-electron chi connectivity index (χ4n) is 3.61. The van der Waals surface area contributed by atoms with Crippen LogP contribution >= 0.6 is 11.6 Å². The molecule has 7 nitrogen and oxygen atoms in total. The molecule has 0 spiro atoms. The van der Waals surface area contributed by atoms with Gasteiger partial charge in [-0.1, -0.05) is 23.7 Å². The Bertz CT molecular complexity index is 1090. The molecule has 2 atom stereocenters. The topological polar surface area (TPSA) is 84.3 Å². The highest BCUT2D eigenvalue weighted by Gasteiger charge is 2.45. The molecule has 0 aliphatic carbocycles. The third-order valence-corrected chi connectivity index (χ3v) is 5.44. The van der Waals surface area contributed by atoms with Gasteiger partial charge in [0.2, 0.25) is 6.35 Å². The summed E-state index contributed by atoms with van der Waals surface area (Å²) < 4.78 is 39.5. The predicted molar refractivity (Wildman–Crippen MR) is 105 cm³/mol. The van der Waals surface area contributed by atoms with Crippen LogP contribution in [-0.2, 0) is 0 Å². The molecule has 0 aromatic heterocycles. The normalized spacial score (nSPS) is 21.5. The molecule has 0 fully saturated rings. The van der Waals surface area contributed by atoms with Crippen molar-refractivity contribution < 1.29 is 33.0 Å². The zero-order valence-corrected chi connectivity index (χ0v) is 16.6. The molecule has 31 heavy (non-hydrogen) atoms. The average Bonchev–Trinajstić information content (AvgIpc) is 2.96. The van der Waals surface area contributed by atoms with E-state index in [-0.39, 0.29) is 27.5 Å². The van der Waals surface area contributed by atoms with E-state index in [1.807, 2.05) is 0 Å². The Morgan fingerprint density at radius 1 is 1.00 bits per heavy atom. The largest absolute Gasteiger partial charge is 0.431 e. The summed E-state index contributed by atoms with van der Waals surface area (Å²) in [5, 5.41) is 20.8. The lowest BCUT2D eigenvalue weighted by atomic mass is 10.1. The van der Waals surface area contributed by atoms with Gasteiger partial charge in [-0.2, -0.15) is 13.2 Å². The standard InChI is InChI=1S/C20H15ClF3N3O4/c1-25-15(20(22,23)24)9-16(28)27(19(25)31)14-8-10(6-7-13(14)21)26-17(29)11-4-2-3-5-12(11)18(26)30/h2-9,16,19,28,31H,1H3. The number of carbonyl (C=O) groups excluding carboxylic acids is 2. The average molecular weight is 454 g/mol. The molecule has 0 saturated carbocycles. The fraction of sp³-hybridized carbons (Fsp3) is 0.200. The third kappa shape index (κ3) is 3.32. The Morgan fingerprint density at radius 3 is 2.13 bits per heavy atom. The van der Waals surface area contributed by atoms with E-state index in [9.17, 15) is 33.0 Å². The second-order valence-electron chi connectivity index (χ2n) is 6.95. The van der Waals surface area contributed by atoms with E-state index >= 15 is 0 Å². The number of fused-ring (bicyclic) bond motifs is 1. The second kappa shape index (κ2) is 7.26. The number of imide groups is 1. The van der Waals surface area contributed by atoms with Crippen LogP contribution in [0.1, 0.15) is 20.7 Å². The minimum Gasteiger partial charge on any atom is -0.370 e.